The van der Waals surface area contributed by atoms with Gasteiger partial charge in [0, 0.05) is 5.57 Å². The van der Waals surface area contributed by atoms with E-state index >= 15 is 0 Å². The van der Waals surface area contributed by atoms with Crippen molar-refractivity contribution in [3.8, 4) is 0 Å². The number of rotatable bonds is 0. The van der Waals surface area contributed by atoms with Crippen LogP contribution in [-0.4, -0.2) is 11.8 Å². The summed E-state index contributed by atoms with van der Waals surface area (Å²) in [5.74, 6) is -0.132. The maximum absolute atomic E-state index is 11.8. The highest BCUT2D eigenvalue weighted by molar-refractivity contribution is 6.04. The summed E-state index contributed by atoms with van der Waals surface area (Å²) >= 11 is 0. The fraction of sp³-hybridized carbons (Fsp3) is 0.429. The molecule has 3 aliphatic rings. The molecule has 1 heterocycles. The van der Waals surface area contributed by atoms with Crippen LogP contribution in [0.3, 0.4) is 0 Å². The molecule has 1 aliphatic heterocycles. The van der Waals surface area contributed by atoms with Crippen LogP contribution >= 0.6 is 0 Å². The van der Waals surface area contributed by atoms with E-state index in [1.807, 2.05) is 6.08 Å². The molecular formula is C14H16N2O2. The van der Waals surface area contributed by atoms with Crippen LogP contribution in [0.15, 0.2) is 35.5 Å². The number of hydrazine groups is 1. The molecule has 0 saturated carbocycles. The maximum atomic E-state index is 11.8. The van der Waals surface area contributed by atoms with E-state index in [1.54, 1.807) is 0 Å². The van der Waals surface area contributed by atoms with Crippen LogP contribution in [0.5, 0.6) is 0 Å². The number of amides is 2. The lowest BCUT2D eigenvalue weighted by Gasteiger charge is -2.33. The Labute approximate surface area is 106 Å². The van der Waals surface area contributed by atoms with Crippen molar-refractivity contribution < 1.29 is 9.59 Å². The average molecular weight is 244 g/mol. The normalized spacial score (nSPS) is 35.6. The third kappa shape index (κ3) is 1.88. The van der Waals surface area contributed by atoms with Crippen LogP contribution in [0.2, 0.25) is 0 Å². The second-order valence-corrected chi connectivity index (χ2v) is 5.05. The molecule has 3 rings (SSSR count). The first-order chi connectivity index (χ1) is 8.75. The number of carbonyl (C=O) groups is 2. The van der Waals surface area contributed by atoms with Crippen LogP contribution in [0.25, 0.3) is 0 Å². The van der Waals surface area contributed by atoms with Gasteiger partial charge in [0.15, 0.2) is 0 Å². The minimum atomic E-state index is -0.274. The molecule has 0 aromatic carbocycles. The van der Waals surface area contributed by atoms with Crippen LogP contribution in [0.4, 0.5) is 0 Å². The van der Waals surface area contributed by atoms with E-state index in [2.05, 4.69) is 29.1 Å². The molecule has 0 radical (unpaired) electrons. The second kappa shape index (κ2) is 4.44. The van der Waals surface area contributed by atoms with E-state index in [1.165, 1.54) is 5.57 Å². The fourth-order valence-electron chi connectivity index (χ4n) is 2.92. The van der Waals surface area contributed by atoms with Gasteiger partial charge in [-0.3, -0.25) is 20.4 Å². The third-order valence-corrected chi connectivity index (χ3v) is 3.92. The predicted molar refractivity (Wildman–Crippen MR) is 67.0 cm³/mol. The Bertz CT molecular complexity index is 488. The highest BCUT2D eigenvalue weighted by Gasteiger charge is 2.38. The molecule has 2 N–H and O–H groups in total. The van der Waals surface area contributed by atoms with Crippen LogP contribution in [0.1, 0.15) is 25.7 Å². The van der Waals surface area contributed by atoms with E-state index in [9.17, 15) is 9.59 Å². The number of nitrogens with one attached hydrogen (secondary N) is 2. The molecule has 94 valence electrons. The Balaban J connectivity index is 1.99. The van der Waals surface area contributed by atoms with E-state index in [4.69, 9.17) is 0 Å². The fourth-order valence-corrected chi connectivity index (χ4v) is 2.92. The lowest BCUT2D eigenvalue weighted by atomic mass is 9.74. The Kier molecular flexibility index (Phi) is 2.78. The monoisotopic (exact) mass is 244 g/mol. The van der Waals surface area contributed by atoms with Gasteiger partial charge < -0.3 is 0 Å². The molecule has 0 aromatic heterocycles. The van der Waals surface area contributed by atoms with Gasteiger partial charge in [-0.1, -0.05) is 18.2 Å². The molecule has 2 aliphatic carbocycles. The lowest BCUT2D eigenvalue weighted by Crippen LogP contribution is -2.53. The minimum Gasteiger partial charge on any atom is -0.273 e. The first kappa shape index (κ1) is 11.3. The molecule has 1 fully saturated rings. The zero-order chi connectivity index (χ0) is 12.5. The standard InChI is InChI=1S/C14H16N2O2/c17-13-11-7-9-5-3-1-2-4-6-10(9)8-12(11)14(18)16-15-13/h1,3,5,7,10,12H,2,4,6,8H2,(H,15,17)(H,16,18)/b3-1-,9-5-. The second-order valence-electron chi connectivity index (χ2n) is 5.05. The Morgan fingerprint density at radius 2 is 2.11 bits per heavy atom. The van der Waals surface area contributed by atoms with E-state index in [0.717, 1.165) is 25.7 Å². The summed E-state index contributed by atoms with van der Waals surface area (Å²) < 4.78 is 0. The SMILES string of the molecule is O=C1NNC(=O)C2CC3CCC/C=C\C=C/3C=C12. The molecule has 2 unspecified atom stereocenters. The highest BCUT2D eigenvalue weighted by atomic mass is 16.2. The zero-order valence-electron chi connectivity index (χ0n) is 10.1. The predicted octanol–water partition coefficient (Wildman–Crippen LogP) is 1.38. The van der Waals surface area contributed by atoms with Gasteiger partial charge >= 0.3 is 0 Å². The molecule has 2 atom stereocenters. The summed E-state index contributed by atoms with van der Waals surface area (Å²) in [5, 5.41) is 0. The summed E-state index contributed by atoms with van der Waals surface area (Å²) in [7, 11) is 0. The van der Waals surface area contributed by atoms with Gasteiger partial charge in [-0.15, -0.1) is 0 Å². The summed E-state index contributed by atoms with van der Waals surface area (Å²) in [4.78, 5) is 23.6. The van der Waals surface area contributed by atoms with Gasteiger partial charge in [0.25, 0.3) is 5.91 Å². The van der Waals surface area contributed by atoms with Crippen molar-refractivity contribution in [3.63, 3.8) is 0 Å². The molecule has 1 saturated heterocycles. The Hall–Kier alpha value is -1.84. The van der Waals surface area contributed by atoms with Gasteiger partial charge in [-0.2, -0.15) is 0 Å². The number of carbonyl (C=O) groups excluding carboxylic acids is 2. The van der Waals surface area contributed by atoms with Crippen LogP contribution in [-0.2, 0) is 9.59 Å². The number of hydrogen-bond acceptors (Lipinski definition) is 2. The Morgan fingerprint density at radius 3 is 3.00 bits per heavy atom. The summed E-state index contributed by atoms with van der Waals surface area (Å²) in [6.45, 7) is 0. The van der Waals surface area contributed by atoms with Gasteiger partial charge in [-0.05, 0) is 43.3 Å². The number of fused-ring (bicyclic) bond motifs is 2. The topological polar surface area (TPSA) is 58.2 Å². The maximum Gasteiger partial charge on any atom is 0.266 e. The van der Waals surface area contributed by atoms with Crippen molar-refractivity contribution in [3.05, 3.63) is 35.5 Å². The summed E-state index contributed by atoms with van der Waals surface area (Å²) in [5.41, 5.74) is 6.63. The Morgan fingerprint density at radius 1 is 1.22 bits per heavy atom. The van der Waals surface area contributed by atoms with Crippen molar-refractivity contribution in [2.75, 3.05) is 0 Å². The molecule has 18 heavy (non-hydrogen) atoms. The first-order valence-corrected chi connectivity index (χ1v) is 6.44. The van der Waals surface area contributed by atoms with Crippen molar-refractivity contribution in [1.29, 1.82) is 0 Å². The van der Waals surface area contributed by atoms with Gasteiger partial charge in [-0.25, -0.2) is 0 Å². The van der Waals surface area contributed by atoms with Gasteiger partial charge in [0.05, 0.1) is 5.92 Å². The molecular weight excluding hydrogens is 228 g/mol. The minimum absolute atomic E-state index is 0.0856. The van der Waals surface area contributed by atoms with Crippen molar-refractivity contribution in [2.45, 2.75) is 25.7 Å². The third-order valence-electron chi connectivity index (χ3n) is 3.92. The van der Waals surface area contributed by atoms with E-state index in [-0.39, 0.29) is 17.7 Å². The van der Waals surface area contributed by atoms with Crippen molar-refractivity contribution in [2.24, 2.45) is 11.8 Å². The molecule has 4 nitrogen and oxygen atoms in total. The molecule has 0 aromatic rings. The quantitative estimate of drug-likeness (QED) is 0.676. The lowest BCUT2D eigenvalue weighted by molar-refractivity contribution is -0.134. The van der Waals surface area contributed by atoms with Crippen LogP contribution in [0, 0.1) is 11.8 Å². The van der Waals surface area contributed by atoms with Crippen molar-refractivity contribution in [1.82, 2.24) is 10.9 Å². The first-order valence-electron chi connectivity index (χ1n) is 6.44. The van der Waals surface area contributed by atoms with Gasteiger partial charge in [0.2, 0.25) is 5.91 Å². The average Bonchev–Trinajstić information content (AvgIpc) is 2.34. The van der Waals surface area contributed by atoms with Gasteiger partial charge in [0.1, 0.15) is 0 Å². The highest BCUT2D eigenvalue weighted by Crippen LogP contribution is 2.37. The summed E-state index contributed by atoms with van der Waals surface area (Å²) in [6, 6.07) is 0. The smallest absolute Gasteiger partial charge is 0.266 e. The molecule has 2 amide bonds. The molecule has 0 spiro atoms. The van der Waals surface area contributed by atoms with Crippen LogP contribution < -0.4 is 10.9 Å². The van der Waals surface area contributed by atoms with E-state index < -0.39 is 0 Å². The van der Waals surface area contributed by atoms with E-state index in [0.29, 0.717) is 11.5 Å². The number of hydrogen-bond donors (Lipinski definition) is 2. The molecule has 0 bridgehead atoms. The number of allylic oxidation sites excluding steroid dienone is 5. The summed E-state index contributed by atoms with van der Waals surface area (Å²) in [6.07, 6.45) is 12.3. The van der Waals surface area contributed by atoms with Crippen molar-refractivity contribution >= 4 is 11.8 Å². The molecule has 4 heteroatoms. The largest absolute Gasteiger partial charge is 0.273 e. The zero-order valence-corrected chi connectivity index (χ0v) is 10.1.